The molecule has 0 aromatic carbocycles. The van der Waals surface area contributed by atoms with Gasteiger partial charge in [0.05, 0.1) is 12.0 Å². The van der Waals surface area contributed by atoms with Crippen LogP contribution in [-0.2, 0) is 10.3 Å². The number of amides is 1. The summed E-state index contributed by atoms with van der Waals surface area (Å²) in [6.07, 6.45) is 1.54. The van der Waals surface area contributed by atoms with Crippen LogP contribution in [-0.4, -0.2) is 21.9 Å². The highest BCUT2D eigenvalue weighted by molar-refractivity contribution is 7.09. The third kappa shape index (κ3) is 3.20. The summed E-state index contributed by atoms with van der Waals surface area (Å²) >= 11 is 1.46. The van der Waals surface area contributed by atoms with Gasteiger partial charge in [0.15, 0.2) is 0 Å². The number of hydrogen-bond acceptors (Lipinski definition) is 5. The number of aromatic nitrogens is 1. The number of rotatable bonds is 4. The van der Waals surface area contributed by atoms with Gasteiger partial charge < -0.3 is 16.3 Å². The first-order valence-electron chi connectivity index (χ1n) is 4.63. The Hall–Kier alpha value is -1.63. The fraction of sp³-hybridized carbons (Fsp3) is 0.444. The van der Waals surface area contributed by atoms with Gasteiger partial charge in [-0.2, -0.15) is 0 Å². The van der Waals surface area contributed by atoms with Gasteiger partial charge in [0.25, 0.3) is 0 Å². The van der Waals surface area contributed by atoms with Crippen LogP contribution in [0, 0.1) is 0 Å². The van der Waals surface area contributed by atoms with Crippen molar-refractivity contribution in [2.75, 3.05) is 0 Å². The minimum Gasteiger partial charge on any atom is -0.409 e. The Kier molecular flexibility index (Phi) is 3.83. The summed E-state index contributed by atoms with van der Waals surface area (Å²) in [4.78, 5) is 15.7. The molecule has 0 aliphatic rings. The third-order valence-corrected chi connectivity index (χ3v) is 2.99. The lowest BCUT2D eigenvalue weighted by Gasteiger charge is -2.23. The van der Waals surface area contributed by atoms with E-state index in [1.165, 1.54) is 11.3 Å². The first-order chi connectivity index (χ1) is 7.45. The second-order valence-electron chi connectivity index (χ2n) is 3.78. The highest BCUT2D eigenvalue weighted by atomic mass is 32.1. The number of nitrogens with one attached hydrogen (secondary N) is 1. The molecular formula is C9H14N4O2S. The molecule has 0 bridgehead atoms. The molecule has 1 aromatic heterocycles. The summed E-state index contributed by atoms with van der Waals surface area (Å²) < 4.78 is 0. The average molecular weight is 242 g/mol. The summed E-state index contributed by atoms with van der Waals surface area (Å²) in [7, 11) is 0. The second-order valence-corrected chi connectivity index (χ2v) is 4.67. The molecule has 4 N–H and O–H groups in total. The molecule has 7 heteroatoms. The average Bonchev–Trinajstić information content (AvgIpc) is 2.69. The van der Waals surface area contributed by atoms with Gasteiger partial charge in [0, 0.05) is 11.6 Å². The van der Waals surface area contributed by atoms with Gasteiger partial charge in [-0.15, -0.1) is 11.3 Å². The highest BCUT2D eigenvalue weighted by Crippen LogP contribution is 2.21. The Balaban J connectivity index is 2.63. The summed E-state index contributed by atoms with van der Waals surface area (Å²) in [5, 5.41) is 16.5. The SMILES string of the molecule is CC(C)(NC(=O)C/C(N)=N/O)c1nccs1. The molecule has 0 aliphatic carbocycles. The normalized spacial score (nSPS) is 12.5. The van der Waals surface area contributed by atoms with E-state index in [1.54, 1.807) is 6.20 Å². The van der Waals surface area contributed by atoms with Crippen LogP contribution in [0.3, 0.4) is 0 Å². The van der Waals surface area contributed by atoms with Crippen molar-refractivity contribution in [3.63, 3.8) is 0 Å². The summed E-state index contributed by atoms with van der Waals surface area (Å²) in [5.74, 6) is -0.428. The molecule has 1 rings (SSSR count). The van der Waals surface area contributed by atoms with Gasteiger partial charge in [-0.05, 0) is 13.8 Å². The van der Waals surface area contributed by atoms with Crippen LogP contribution in [0.4, 0.5) is 0 Å². The lowest BCUT2D eigenvalue weighted by Crippen LogP contribution is -2.42. The van der Waals surface area contributed by atoms with Crippen molar-refractivity contribution in [1.82, 2.24) is 10.3 Å². The number of amidine groups is 1. The van der Waals surface area contributed by atoms with E-state index in [0.717, 1.165) is 5.01 Å². The number of oxime groups is 1. The minimum absolute atomic E-state index is 0.118. The Labute approximate surface area is 97.2 Å². The first-order valence-corrected chi connectivity index (χ1v) is 5.51. The first kappa shape index (κ1) is 12.4. The maximum absolute atomic E-state index is 11.5. The van der Waals surface area contributed by atoms with Crippen molar-refractivity contribution in [2.45, 2.75) is 25.8 Å². The zero-order valence-corrected chi connectivity index (χ0v) is 9.91. The fourth-order valence-electron chi connectivity index (χ4n) is 1.18. The summed E-state index contributed by atoms with van der Waals surface area (Å²) in [6, 6.07) is 0. The predicted molar refractivity (Wildman–Crippen MR) is 61.3 cm³/mol. The van der Waals surface area contributed by atoms with Crippen LogP contribution >= 0.6 is 11.3 Å². The van der Waals surface area contributed by atoms with Crippen LogP contribution in [0.2, 0.25) is 0 Å². The van der Waals surface area contributed by atoms with E-state index in [2.05, 4.69) is 15.5 Å². The number of hydrogen-bond donors (Lipinski definition) is 3. The van der Waals surface area contributed by atoms with Crippen LogP contribution in [0.15, 0.2) is 16.7 Å². The van der Waals surface area contributed by atoms with Crippen molar-refractivity contribution in [2.24, 2.45) is 10.9 Å². The van der Waals surface area contributed by atoms with Crippen molar-refractivity contribution in [3.8, 4) is 0 Å². The van der Waals surface area contributed by atoms with Crippen LogP contribution in [0.1, 0.15) is 25.3 Å². The minimum atomic E-state index is -0.555. The number of nitrogens with two attached hydrogens (primary N) is 1. The Morgan fingerprint density at radius 2 is 2.44 bits per heavy atom. The summed E-state index contributed by atoms with van der Waals surface area (Å²) in [6.45, 7) is 3.69. The van der Waals surface area contributed by atoms with Crippen molar-refractivity contribution < 1.29 is 10.0 Å². The molecule has 0 saturated heterocycles. The Morgan fingerprint density at radius 3 is 2.94 bits per heavy atom. The summed E-state index contributed by atoms with van der Waals surface area (Å²) in [5.41, 5.74) is 4.68. The number of nitrogens with zero attached hydrogens (tertiary/aromatic N) is 2. The molecule has 1 aromatic rings. The van der Waals surface area contributed by atoms with Crippen molar-refractivity contribution >= 4 is 23.1 Å². The van der Waals surface area contributed by atoms with Crippen LogP contribution in [0.25, 0.3) is 0 Å². The van der Waals surface area contributed by atoms with Gasteiger partial charge in [-0.3, -0.25) is 4.79 Å². The lowest BCUT2D eigenvalue weighted by atomic mass is 10.1. The van der Waals surface area contributed by atoms with Gasteiger partial charge in [0.1, 0.15) is 10.8 Å². The number of carbonyl (C=O) groups is 1. The largest absolute Gasteiger partial charge is 0.409 e. The standard InChI is InChI=1S/C9H14N4O2S/c1-9(2,8-11-3-4-16-8)12-7(14)5-6(10)13-15/h3-4,15H,5H2,1-2H3,(H2,10,13)(H,12,14). The molecule has 0 spiro atoms. The molecule has 88 valence electrons. The van der Waals surface area contributed by atoms with Gasteiger partial charge in [-0.25, -0.2) is 4.98 Å². The predicted octanol–water partition coefficient (Wildman–Crippen LogP) is 0.631. The molecule has 0 aliphatic heterocycles. The lowest BCUT2D eigenvalue weighted by molar-refractivity contribution is -0.121. The number of carbonyl (C=O) groups excluding carboxylic acids is 1. The Morgan fingerprint density at radius 1 is 1.75 bits per heavy atom. The van der Waals surface area contributed by atoms with E-state index < -0.39 is 5.54 Å². The molecule has 16 heavy (non-hydrogen) atoms. The zero-order valence-electron chi connectivity index (χ0n) is 9.10. The van der Waals surface area contributed by atoms with E-state index in [1.807, 2.05) is 19.2 Å². The molecule has 0 fully saturated rings. The molecule has 6 nitrogen and oxygen atoms in total. The van der Waals surface area contributed by atoms with E-state index in [4.69, 9.17) is 10.9 Å². The van der Waals surface area contributed by atoms with Crippen molar-refractivity contribution in [3.05, 3.63) is 16.6 Å². The smallest absolute Gasteiger partial charge is 0.228 e. The number of thiazole rings is 1. The third-order valence-electron chi connectivity index (χ3n) is 1.89. The van der Waals surface area contributed by atoms with Crippen LogP contribution in [0.5, 0.6) is 0 Å². The maximum Gasteiger partial charge on any atom is 0.228 e. The Bertz CT molecular complexity index is 386. The van der Waals surface area contributed by atoms with E-state index in [9.17, 15) is 4.79 Å². The molecule has 1 heterocycles. The highest BCUT2D eigenvalue weighted by Gasteiger charge is 2.25. The van der Waals surface area contributed by atoms with Gasteiger partial charge in [0.2, 0.25) is 5.91 Å². The van der Waals surface area contributed by atoms with E-state index in [-0.39, 0.29) is 18.2 Å². The maximum atomic E-state index is 11.5. The molecule has 0 atom stereocenters. The van der Waals surface area contributed by atoms with Crippen LogP contribution < -0.4 is 11.1 Å². The van der Waals surface area contributed by atoms with Gasteiger partial charge >= 0.3 is 0 Å². The van der Waals surface area contributed by atoms with Crippen molar-refractivity contribution in [1.29, 1.82) is 0 Å². The monoisotopic (exact) mass is 242 g/mol. The second kappa shape index (κ2) is 4.93. The molecule has 1 amide bonds. The molecular weight excluding hydrogens is 228 g/mol. The quantitative estimate of drug-likeness (QED) is 0.312. The van der Waals surface area contributed by atoms with E-state index >= 15 is 0 Å². The molecule has 0 saturated carbocycles. The zero-order chi connectivity index (χ0) is 12.2. The van der Waals surface area contributed by atoms with Gasteiger partial charge in [-0.1, -0.05) is 5.16 Å². The fourth-order valence-corrected chi connectivity index (χ4v) is 1.90. The molecule has 0 unspecified atom stereocenters. The van der Waals surface area contributed by atoms with E-state index in [0.29, 0.717) is 0 Å². The molecule has 0 radical (unpaired) electrons. The topological polar surface area (TPSA) is 101 Å².